The first kappa shape index (κ1) is 9.14. The molecule has 1 aliphatic rings. The molecule has 0 radical (unpaired) electrons. The van der Waals surface area contributed by atoms with E-state index in [1.54, 1.807) is 0 Å². The summed E-state index contributed by atoms with van der Waals surface area (Å²) in [6.45, 7) is 7.52. The van der Waals surface area contributed by atoms with Gasteiger partial charge in [-0.3, -0.25) is 4.90 Å². The number of piperidine rings is 1. The van der Waals surface area contributed by atoms with Gasteiger partial charge in [0.1, 0.15) is 0 Å². The highest BCUT2D eigenvalue weighted by Gasteiger charge is 2.09. The predicted molar refractivity (Wildman–Crippen MR) is 53.3 cm³/mol. The Kier molecular flexibility index (Phi) is 4.02. The first-order valence-electron chi connectivity index (χ1n) is 4.33. The van der Waals surface area contributed by atoms with E-state index in [9.17, 15) is 0 Å². The number of likely N-dealkylation sites (tertiary alicyclic amines) is 1. The van der Waals surface area contributed by atoms with E-state index in [1.807, 2.05) is 0 Å². The van der Waals surface area contributed by atoms with Crippen LogP contribution >= 0.6 is 12.6 Å². The Labute approximate surface area is 74.9 Å². The Morgan fingerprint density at radius 1 is 1.27 bits per heavy atom. The van der Waals surface area contributed by atoms with Gasteiger partial charge >= 0.3 is 0 Å². The van der Waals surface area contributed by atoms with Crippen LogP contribution in [0.1, 0.15) is 19.3 Å². The fourth-order valence-corrected chi connectivity index (χ4v) is 1.58. The van der Waals surface area contributed by atoms with Gasteiger partial charge in [-0.15, -0.1) is 0 Å². The van der Waals surface area contributed by atoms with E-state index < -0.39 is 0 Å². The number of hydrogen-bond acceptors (Lipinski definition) is 2. The van der Waals surface area contributed by atoms with Gasteiger partial charge in [-0.1, -0.05) is 18.6 Å². The van der Waals surface area contributed by atoms with Gasteiger partial charge in [-0.05, 0) is 25.9 Å². The van der Waals surface area contributed by atoms with Crippen LogP contribution < -0.4 is 0 Å². The van der Waals surface area contributed by atoms with E-state index >= 15 is 0 Å². The minimum Gasteiger partial charge on any atom is -0.299 e. The maximum Gasteiger partial charge on any atom is 0.0198 e. The van der Waals surface area contributed by atoms with Crippen molar-refractivity contribution in [3.05, 3.63) is 12.2 Å². The molecule has 0 atom stereocenters. The molecule has 0 N–H and O–H groups in total. The zero-order valence-electron chi connectivity index (χ0n) is 7.05. The maximum absolute atomic E-state index is 4.19. The standard InChI is InChI=1S/C9H17NS/c1-9(8-11)7-10-5-3-2-4-6-10/h11H,1-8H2. The molecular formula is C9H17NS. The molecule has 1 rings (SSSR count). The summed E-state index contributed by atoms with van der Waals surface area (Å²) in [4.78, 5) is 2.47. The number of hydrogen-bond donors (Lipinski definition) is 1. The molecule has 0 unspecified atom stereocenters. The van der Waals surface area contributed by atoms with Crippen LogP contribution in [0.5, 0.6) is 0 Å². The molecule has 0 bridgehead atoms. The molecular weight excluding hydrogens is 154 g/mol. The van der Waals surface area contributed by atoms with Gasteiger partial charge in [0, 0.05) is 12.3 Å². The van der Waals surface area contributed by atoms with Gasteiger partial charge in [0.2, 0.25) is 0 Å². The minimum absolute atomic E-state index is 0.830. The molecule has 64 valence electrons. The average Bonchev–Trinajstić information content (AvgIpc) is 2.06. The Morgan fingerprint density at radius 2 is 1.91 bits per heavy atom. The molecule has 0 amide bonds. The monoisotopic (exact) mass is 171 g/mol. The molecule has 0 aromatic heterocycles. The molecule has 1 nitrogen and oxygen atoms in total. The molecule has 0 aromatic rings. The summed E-state index contributed by atoms with van der Waals surface area (Å²) < 4.78 is 0. The van der Waals surface area contributed by atoms with Crippen molar-refractivity contribution in [2.75, 3.05) is 25.4 Å². The average molecular weight is 171 g/mol. The van der Waals surface area contributed by atoms with Crippen LogP contribution in [0.3, 0.4) is 0 Å². The lowest BCUT2D eigenvalue weighted by atomic mass is 10.1. The highest BCUT2D eigenvalue weighted by molar-refractivity contribution is 7.80. The van der Waals surface area contributed by atoms with Crippen molar-refractivity contribution < 1.29 is 0 Å². The second-order valence-corrected chi connectivity index (χ2v) is 3.56. The Hall–Kier alpha value is 0.0500. The van der Waals surface area contributed by atoms with Crippen molar-refractivity contribution in [2.24, 2.45) is 0 Å². The van der Waals surface area contributed by atoms with Crippen LogP contribution in [0.2, 0.25) is 0 Å². The SMILES string of the molecule is C=C(CS)CN1CCCCC1. The van der Waals surface area contributed by atoms with E-state index in [-0.39, 0.29) is 0 Å². The molecule has 11 heavy (non-hydrogen) atoms. The van der Waals surface area contributed by atoms with Crippen molar-refractivity contribution >= 4 is 12.6 Å². The maximum atomic E-state index is 4.19. The fourth-order valence-electron chi connectivity index (χ4n) is 1.48. The zero-order chi connectivity index (χ0) is 8.10. The Morgan fingerprint density at radius 3 is 2.45 bits per heavy atom. The van der Waals surface area contributed by atoms with Crippen LogP contribution in [-0.4, -0.2) is 30.3 Å². The molecule has 2 heteroatoms. The molecule has 0 spiro atoms. The molecule has 0 aliphatic carbocycles. The van der Waals surface area contributed by atoms with Crippen LogP contribution in [0.15, 0.2) is 12.2 Å². The van der Waals surface area contributed by atoms with Crippen molar-refractivity contribution in [1.82, 2.24) is 4.90 Å². The van der Waals surface area contributed by atoms with Gasteiger partial charge in [0.05, 0.1) is 0 Å². The zero-order valence-corrected chi connectivity index (χ0v) is 7.95. The first-order valence-corrected chi connectivity index (χ1v) is 4.96. The van der Waals surface area contributed by atoms with Gasteiger partial charge in [-0.25, -0.2) is 0 Å². The summed E-state index contributed by atoms with van der Waals surface area (Å²) in [5.74, 6) is 0.830. The normalized spacial score (nSPS) is 20.1. The van der Waals surface area contributed by atoms with Crippen LogP contribution in [0, 0.1) is 0 Å². The quantitative estimate of drug-likeness (QED) is 0.502. The van der Waals surface area contributed by atoms with Crippen molar-refractivity contribution in [1.29, 1.82) is 0 Å². The van der Waals surface area contributed by atoms with Crippen molar-refractivity contribution in [3.63, 3.8) is 0 Å². The predicted octanol–water partition coefficient (Wildman–Crippen LogP) is 1.96. The molecule has 1 fully saturated rings. The van der Waals surface area contributed by atoms with Crippen LogP contribution in [0.4, 0.5) is 0 Å². The third-order valence-electron chi connectivity index (χ3n) is 2.12. The largest absolute Gasteiger partial charge is 0.299 e. The smallest absolute Gasteiger partial charge is 0.0198 e. The number of nitrogens with zero attached hydrogens (tertiary/aromatic N) is 1. The Bertz CT molecular complexity index is 128. The lowest BCUT2D eigenvalue weighted by Gasteiger charge is -2.26. The third-order valence-corrected chi connectivity index (χ3v) is 2.57. The third kappa shape index (κ3) is 3.30. The topological polar surface area (TPSA) is 3.24 Å². The van der Waals surface area contributed by atoms with E-state index in [0.717, 1.165) is 12.3 Å². The summed E-state index contributed by atoms with van der Waals surface area (Å²) in [6.07, 6.45) is 4.13. The van der Waals surface area contributed by atoms with Crippen molar-refractivity contribution in [3.8, 4) is 0 Å². The summed E-state index contributed by atoms with van der Waals surface area (Å²) >= 11 is 4.19. The highest BCUT2D eigenvalue weighted by atomic mass is 32.1. The molecule has 1 aliphatic heterocycles. The lowest BCUT2D eigenvalue weighted by Crippen LogP contribution is -2.31. The van der Waals surface area contributed by atoms with Crippen molar-refractivity contribution in [2.45, 2.75) is 19.3 Å². The summed E-state index contributed by atoms with van der Waals surface area (Å²) in [5, 5.41) is 0. The molecule has 1 saturated heterocycles. The number of thiol groups is 1. The van der Waals surface area contributed by atoms with Crippen LogP contribution in [-0.2, 0) is 0 Å². The lowest BCUT2D eigenvalue weighted by molar-refractivity contribution is 0.247. The Balaban J connectivity index is 2.19. The molecule has 0 saturated carbocycles. The van der Waals surface area contributed by atoms with E-state index in [1.165, 1.54) is 37.9 Å². The van der Waals surface area contributed by atoms with Gasteiger partial charge in [-0.2, -0.15) is 12.6 Å². The summed E-state index contributed by atoms with van der Waals surface area (Å²) in [5.41, 5.74) is 1.25. The summed E-state index contributed by atoms with van der Waals surface area (Å²) in [6, 6.07) is 0. The number of rotatable bonds is 3. The molecule has 1 heterocycles. The van der Waals surface area contributed by atoms with Crippen LogP contribution in [0.25, 0.3) is 0 Å². The summed E-state index contributed by atoms with van der Waals surface area (Å²) in [7, 11) is 0. The van der Waals surface area contributed by atoms with E-state index in [4.69, 9.17) is 0 Å². The van der Waals surface area contributed by atoms with Gasteiger partial charge in [0.15, 0.2) is 0 Å². The first-order chi connectivity index (χ1) is 5.33. The van der Waals surface area contributed by atoms with Gasteiger partial charge in [0.25, 0.3) is 0 Å². The molecule has 0 aromatic carbocycles. The minimum atomic E-state index is 0.830. The second kappa shape index (κ2) is 4.83. The fraction of sp³-hybridized carbons (Fsp3) is 0.778. The van der Waals surface area contributed by atoms with E-state index in [2.05, 4.69) is 24.1 Å². The second-order valence-electron chi connectivity index (χ2n) is 3.24. The highest BCUT2D eigenvalue weighted by Crippen LogP contribution is 2.10. The van der Waals surface area contributed by atoms with E-state index in [0.29, 0.717) is 0 Å². The van der Waals surface area contributed by atoms with Gasteiger partial charge < -0.3 is 0 Å².